The Kier molecular flexibility index (Phi) is 6.57. The molecule has 0 bridgehead atoms. The monoisotopic (exact) mass is 435 g/mol. The van der Waals surface area contributed by atoms with E-state index < -0.39 is 0 Å². The molecule has 1 aliphatic rings. The van der Waals surface area contributed by atoms with Gasteiger partial charge in [-0.1, -0.05) is 35.9 Å². The van der Waals surface area contributed by atoms with Crippen LogP contribution in [0, 0.1) is 6.92 Å². The number of thiazole rings is 1. The highest BCUT2D eigenvalue weighted by molar-refractivity contribution is 7.14. The quantitative estimate of drug-likeness (QED) is 0.616. The summed E-state index contributed by atoms with van der Waals surface area (Å²) in [6.07, 6.45) is 2.81. The van der Waals surface area contributed by atoms with Gasteiger partial charge in [0.25, 0.3) is 0 Å². The van der Waals surface area contributed by atoms with Crippen LogP contribution in [0.25, 0.3) is 0 Å². The molecule has 2 aromatic heterocycles. The van der Waals surface area contributed by atoms with E-state index in [0.717, 1.165) is 23.2 Å². The molecule has 1 saturated heterocycles. The lowest BCUT2D eigenvalue weighted by Crippen LogP contribution is -2.46. The number of aryl methyl sites for hydroxylation is 1. The highest BCUT2D eigenvalue weighted by Gasteiger charge is 2.23. The second-order valence-corrected chi connectivity index (χ2v) is 8.43. The van der Waals surface area contributed by atoms with E-state index in [4.69, 9.17) is 0 Å². The fraction of sp³-hybridized carbons (Fsp3) is 0.304. The number of rotatable bonds is 7. The van der Waals surface area contributed by atoms with E-state index in [1.165, 1.54) is 11.3 Å². The van der Waals surface area contributed by atoms with Gasteiger partial charge < -0.3 is 10.2 Å². The van der Waals surface area contributed by atoms with E-state index in [1.54, 1.807) is 11.1 Å². The molecule has 3 amide bonds. The summed E-state index contributed by atoms with van der Waals surface area (Å²) in [5.41, 5.74) is 3.76. The van der Waals surface area contributed by atoms with Crippen molar-refractivity contribution in [2.75, 3.05) is 18.0 Å². The smallest absolute Gasteiger partial charge is 0.323 e. The number of hydrogen-bond acceptors (Lipinski definition) is 5. The number of anilines is 1. The molecule has 0 radical (unpaired) electrons. The number of amides is 3. The number of aromatic nitrogens is 2. The SMILES string of the molecule is Cc1cccc(CN(Cc2ccccn2)C(=O)Cc2csc(N3CCCNC3=O)n2)c1. The predicted octanol–water partition coefficient (Wildman–Crippen LogP) is 3.54. The summed E-state index contributed by atoms with van der Waals surface area (Å²) in [4.78, 5) is 37.7. The van der Waals surface area contributed by atoms with Crippen LogP contribution in [0.3, 0.4) is 0 Å². The van der Waals surface area contributed by atoms with Crippen molar-refractivity contribution >= 4 is 28.4 Å². The number of urea groups is 1. The number of carbonyl (C=O) groups is 2. The van der Waals surface area contributed by atoms with E-state index in [9.17, 15) is 9.59 Å². The maximum Gasteiger partial charge on any atom is 0.323 e. The van der Waals surface area contributed by atoms with Gasteiger partial charge in [0.15, 0.2) is 5.13 Å². The van der Waals surface area contributed by atoms with Crippen LogP contribution in [-0.4, -0.2) is 39.9 Å². The minimum Gasteiger partial charge on any atom is -0.338 e. The summed E-state index contributed by atoms with van der Waals surface area (Å²) in [6.45, 7) is 4.31. The first-order chi connectivity index (χ1) is 15.1. The average Bonchev–Trinajstić information content (AvgIpc) is 3.22. The van der Waals surface area contributed by atoms with Crippen molar-refractivity contribution in [3.05, 3.63) is 76.6 Å². The molecule has 8 heteroatoms. The summed E-state index contributed by atoms with van der Waals surface area (Å²) < 4.78 is 0. The third kappa shape index (κ3) is 5.46. The van der Waals surface area contributed by atoms with Gasteiger partial charge in [0.2, 0.25) is 5.91 Å². The third-order valence-corrected chi connectivity index (χ3v) is 5.98. The summed E-state index contributed by atoms with van der Waals surface area (Å²) >= 11 is 1.39. The Hall–Kier alpha value is -3.26. The molecule has 1 aromatic carbocycles. The molecule has 0 spiro atoms. The molecule has 1 aliphatic heterocycles. The fourth-order valence-corrected chi connectivity index (χ4v) is 4.38. The zero-order chi connectivity index (χ0) is 21.6. The van der Waals surface area contributed by atoms with Crippen molar-refractivity contribution in [1.82, 2.24) is 20.2 Å². The van der Waals surface area contributed by atoms with Crippen molar-refractivity contribution < 1.29 is 9.59 Å². The zero-order valence-electron chi connectivity index (χ0n) is 17.5. The number of benzene rings is 1. The van der Waals surface area contributed by atoms with Crippen LogP contribution < -0.4 is 10.2 Å². The Balaban J connectivity index is 1.49. The molecule has 3 heterocycles. The second-order valence-electron chi connectivity index (χ2n) is 7.60. The Morgan fingerprint density at radius 2 is 2.10 bits per heavy atom. The molecule has 31 heavy (non-hydrogen) atoms. The van der Waals surface area contributed by atoms with Crippen LogP contribution in [0.1, 0.15) is 28.9 Å². The van der Waals surface area contributed by atoms with Gasteiger partial charge in [0.05, 0.1) is 24.4 Å². The number of carbonyl (C=O) groups excluding carboxylic acids is 2. The molecular weight excluding hydrogens is 410 g/mol. The molecule has 0 unspecified atom stereocenters. The minimum absolute atomic E-state index is 0.0212. The Morgan fingerprint density at radius 1 is 1.19 bits per heavy atom. The van der Waals surface area contributed by atoms with Gasteiger partial charge in [0.1, 0.15) is 0 Å². The predicted molar refractivity (Wildman–Crippen MR) is 121 cm³/mol. The van der Waals surface area contributed by atoms with Crippen LogP contribution >= 0.6 is 11.3 Å². The number of pyridine rings is 1. The average molecular weight is 436 g/mol. The van der Waals surface area contributed by atoms with E-state index >= 15 is 0 Å². The summed E-state index contributed by atoms with van der Waals surface area (Å²) in [5.74, 6) is -0.0212. The van der Waals surface area contributed by atoms with E-state index in [-0.39, 0.29) is 18.4 Å². The lowest BCUT2D eigenvalue weighted by Gasteiger charge is -2.25. The number of nitrogens with zero attached hydrogens (tertiary/aromatic N) is 4. The molecule has 0 atom stereocenters. The van der Waals surface area contributed by atoms with Crippen LogP contribution in [0.2, 0.25) is 0 Å². The van der Waals surface area contributed by atoms with Gasteiger partial charge in [-0.3, -0.25) is 14.7 Å². The van der Waals surface area contributed by atoms with Crippen molar-refractivity contribution in [1.29, 1.82) is 0 Å². The lowest BCUT2D eigenvalue weighted by atomic mass is 10.1. The number of nitrogens with one attached hydrogen (secondary N) is 1. The highest BCUT2D eigenvalue weighted by atomic mass is 32.1. The molecule has 3 aromatic rings. The van der Waals surface area contributed by atoms with E-state index in [1.807, 2.05) is 53.6 Å². The normalized spacial score (nSPS) is 13.7. The molecule has 4 rings (SSSR count). The van der Waals surface area contributed by atoms with Gasteiger partial charge in [-0.2, -0.15) is 0 Å². The van der Waals surface area contributed by atoms with Crippen molar-refractivity contribution in [3.8, 4) is 0 Å². The maximum atomic E-state index is 13.2. The van der Waals surface area contributed by atoms with E-state index in [2.05, 4.69) is 21.4 Å². The largest absolute Gasteiger partial charge is 0.338 e. The maximum absolute atomic E-state index is 13.2. The van der Waals surface area contributed by atoms with Crippen molar-refractivity contribution in [2.24, 2.45) is 0 Å². The minimum atomic E-state index is -0.130. The zero-order valence-corrected chi connectivity index (χ0v) is 18.3. The van der Waals surface area contributed by atoms with Crippen LogP contribution in [0.5, 0.6) is 0 Å². The summed E-state index contributed by atoms with van der Waals surface area (Å²) in [5, 5.41) is 5.33. The molecule has 160 valence electrons. The first kappa shape index (κ1) is 21.0. The molecule has 0 aliphatic carbocycles. The Labute approximate surface area is 185 Å². The van der Waals surface area contributed by atoms with Gasteiger partial charge >= 0.3 is 6.03 Å². The molecule has 7 nitrogen and oxygen atoms in total. The van der Waals surface area contributed by atoms with Crippen molar-refractivity contribution in [2.45, 2.75) is 32.9 Å². The van der Waals surface area contributed by atoms with E-state index in [0.29, 0.717) is 37.0 Å². The molecule has 0 saturated carbocycles. The van der Waals surface area contributed by atoms with Crippen molar-refractivity contribution in [3.63, 3.8) is 0 Å². The Morgan fingerprint density at radius 3 is 2.87 bits per heavy atom. The molecule has 1 fully saturated rings. The molecular formula is C23H25N5O2S. The fourth-order valence-electron chi connectivity index (χ4n) is 3.53. The second kappa shape index (κ2) is 9.70. The van der Waals surface area contributed by atoms with Gasteiger partial charge in [-0.25, -0.2) is 9.78 Å². The number of hydrogen-bond donors (Lipinski definition) is 1. The van der Waals surface area contributed by atoms with Gasteiger partial charge in [-0.05, 0) is 31.0 Å². The lowest BCUT2D eigenvalue weighted by molar-refractivity contribution is -0.131. The summed E-state index contributed by atoms with van der Waals surface area (Å²) in [7, 11) is 0. The standard InChI is InChI=1S/C23H25N5O2S/c1-17-6-4-7-18(12-17)14-27(15-19-8-2-3-9-24-19)21(29)13-20-16-31-23(26-20)28-11-5-10-25-22(28)30/h2-4,6-9,12,16H,5,10-11,13-15H2,1H3,(H,25,30). The van der Waals surface area contributed by atoms with Crippen LogP contribution in [0.15, 0.2) is 54.0 Å². The highest BCUT2D eigenvalue weighted by Crippen LogP contribution is 2.23. The van der Waals surface area contributed by atoms with Gasteiger partial charge in [0, 0.05) is 31.2 Å². The first-order valence-corrected chi connectivity index (χ1v) is 11.2. The third-order valence-electron chi connectivity index (χ3n) is 5.07. The summed E-state index contributed by atoms with van der Waals surface area (Å²) in [6, 6.07) is 13.8. The first-order valence-electron chi connectivity index (χ1n) is 10.3. The van der Waals surface area contributed by atoms with Crippen LogP contribution in [-0.2, 0) is 24.3 Å². The Bertz CT molecular complexity index is 1050. The molecule has 1 N–H and O–H groups in total. The topological polar surface area (TPSA) is 78.4 Å². The van der Waals surface area contributed by atoms with Gasteiger partial charge in [-0.15, -0.1) is 11.3 Å². The van der Waals surface area contributed by atoms with Crippen LogP contribution in [0.4, 0.5) is 9.93 Å².